The van der Waals surface area contributed by atoms with Crippen LogP contribution < -0.4 is 11.2 Å². The highest BCUT2D eigenvalue weighted by atomic mass is 19.4. The van der Waals surface area contributed by atoms with Crippen LogP contribution in [-0.4, -0.2) is 15.3 Å². The van der Waals surface area contributed by atoms with Crippen LogP contribution in [0.25, 0.3) is 0 Å². The first-order valence-electron chi connectivity index (χ1n) is 5.07. The Labute approximate surface area is 99.7 Å². The summed E-state index contributed by atoms with van der Waals surface area (Å²) in [4.78, 5) is 23.0. The number of hydrogen-bond acceptors (Lipinski definition) is 3. The van der Waals surface area contributed by atoms with E-state index in [4.69, 9.17) is 5.26 Å². The molecule has 18 heavy (non-hydrogen) atoms. The normalized spacial score (nSPS) is 13.1. The molecule has 0 amide bonds. The van der Waals surface area contributed by atoms with E-state index in [1.807, 2.05) is 0 Å². The van der Waals surface area contributed by atoms with Crippen molar-refractivity contribution < 1.29 is 13.2 Å². The second-order valence-electron chi connectivity index (χ2n) is 3.56. The first kappa shape index (κ1) is 14.0. The van der Waals surface area contributed by atoms with E-state index in [1.54, 1.807) is 6.92 Å². The molecule has 0 aliphatic heterocycles. The summed E-state index contributed by atoms with van der Waals surface area (Å²) in [5.41, 5.74) is -1.70. The van der Waals surface area contributed by atoms with Gasteiger partial charge in [-0.2, -0.15) is 18.4 Å². The average Bonchev–Trinajstić information content (AvgIpc) is 2.27. The van der Waals surface area contributed by atoms with Crippen molar-refractivity contribution in [1.29, 1.82) is 5.26 Å². The lowest BCUT2D eigenvalue weighted by atomic mass is 10.1. The maximum atomic E-state index is 12.4. The molecule has 0 saturated carbocycles. The standard InChI is InChI=1S/C10H10F3N3O2/c1-2-15-4-3-8(17)16(9(15)18)6-7(5-14)10(11,12)13/h3-4,7H,2,6H2,1H3. The molecule has 0 aromatic carbocycles. The molecule has 0 N–H and O–H groups in total. The topological polar surface area (TPSA) is 67.8 Å². The fourth-order valence-corrected chi connectivity index (χ4v) is 1.37. The van der Waals surface area contributed by atoms with Crippen LogP contribution in [0.1, 0.15) is 6.92 Å². The highest BCUT2D eigenvalue weighted by Gasteiger charge is 2.40. The third kappa shape index (κ3) is 2.80. The zero-order valence-corrected chi connectivity index (χ0v) is 9.44. The van der Waals surface area contributed by atoms with Gasteiger partial charge in [-0.1, -0.05) is 0 Å². The quantitative estimate of drug-likeness (QED) is 0.805. The molecule has 0 saturated heterocycles. The van der Waals surface area contributed by atoms with E-state index in [1.165, 1.54) is 6.20 Å². The minimum Gasteiger partial charge on any atom is -0.301 e. The molecule has 0 bridgehead atoms. The summed E-state index contributed by atoms with van der Waals surface area (Å²) in [6.45, 7) is 0.850. The van der Waals surface area contributed by atoms with E-state index in [2.05, 4.69) is 0 Å². The number of nitrogens with zero attached hydrogens (tertiary/aromatic N) is 3. The van der Waals surface area contributed by atoms with Crippen molar-refractivity contribution in [2.24, 2.45) is 5.92 Å². The van der Waals surface area contributed by atoms with Crippen LogP contribution >= 0.6 is 0 Å². The van der Waals surface area contributed by atoms with Gasteiger partial charge in [0.2, 0.25) is 0 Å². The van der Waals surface area contributed by atoms with Crippen LogP contribution in [0.3, 0.4) is 0 Å². The van der Waals surface area contributed by atoms with Gasteiger partial charge < -0.3 is 4.57 Å². The largest absolute Gasteiger partial charge is 0.406 e. The van der Waals surface area contributed by atoms with Gasteiger partial charge in [-0.3, -0.25) is 9.36 Å². The lowest BCUT2D eigenvalue weighted by Crippen LogP contribution is -2.42. The number of aryl methyl sites for hydroxylation is 1. The van der Waals surface area contributed by atoms with E-state index in [0.29, 0.717) is 4.57 Å². The number of halogens is 3. The highest BCUT2D eigenvalue weighted by Crippen LogP contribution is 2.26. The van der Waals surface area contributed by atoms with Gasteiger partial charge in [0.05, 0.1) is 12.6 Å². The molecule has 5 nitrogen and oxygen atoms in total. The van der Waals surface area contributed by atoms with Gasteiger partial charge in [0.1, 0.15) is 0 Å². The zero-order chi connectivity index (χ0) is 13.9. The fourth-order valence-electron chi connectivity index (χ4n) is 1.37. The summed E-state index contributed by atoms with van der Waals surface area (Å²) >= 11 is 0. The molecular formula is C10H10F3N3O2. The first-order chi connectivity index (χ1) is 8.31. The minimum atomic E-state index is -4.77. The zero-order valence-electron chi connectivity index (χ0n) is 9.44. The average molecular weight is 261 g/mol. The van der Waals surface area contributed by atoms with Crippen molar-refractivity contribution in [1.82, 2.24) is 9.13 Å². The number of aromatic nitrogens is 2. The minimum absolute atomic E-state index is 0.225. The van der Waals surface area contributed by atoms with Crippen molar-refractivity contribution in [3.8, 4) is 6.07 Å². The Morgan fingerprint density at radius 1 is 1.44 bits per heavy atom. The fraction of sp³-hybridized carbons (Fsp3) is 0.500. The molecule has 0 aliphatic carbocycles. The van der Waals surface area contributed by atoms with Gasteiger partial charge >= 0.3 is 11.9 Å². The Bertz CT molecular complexity index is 580. The Kier molecular flexibility index (Phi) is 3.96. The molecule has 1 rings (SSSR count). The summed E-state index contributed by atoms with van der Waals surface area (Å²) in [6, 6.07) is 2.05. The number of hydrogen-bond donors (Lipinski definition) is 0. The second kappa shape index (κ2) is 5.08. The second-order valence-corrected chi connectivity index (χ2v) is 3.56. The number of alkyl halides is 3. The maximum Gasteiger partial charge on any atom is 0.406 e. The summed E-state index contributed by atoms with van der Waals surface area (Å²) in [6.07, 6.45) is -3.57. The lowest BCUT2D eigenvalue weighted by Gasteiger charge is -2.14. The molecular weight excluding hydrogens is 251 g/mol. The van der Waals surface area contributed by atoms with Crippen molar-refractivity contribution in [2.45, 2.75) is 26.2 Å². The molecule has 0 aliphatic rings. The van der Waals surface area contributed by atoms with Gasteiger partial charge in [0.25, 0.3) is 5.56 Å². The summed E-state index contributed by atoms with van der Waals surface area (Å²) in [5.74, 6) is -2.38. The number of rotatable bonds is 3. The van der Waals surface area contributed by atoms with E-state index in [9.17, 15) is 22.8 Å². The molecule has 1 aromatic heterocycles. The first-order valence-corrected chi connectivity index (χ1v) is 5.07. The van der Waals surface area contributed by atoms with Gasteiger partial charge in [0, 0.05) is 18.8 Å². The van der Waals surface area contributed by atoms with Crippen molar-refractivity contribution in [2.75, 3.05) is 0 Å². The molecule has 98 valence electrons. The van der Waals surface area contributed by atoms with Crippen LogP contribution in [0.2, 0.25) is 0 Å². The molecule has 0 spiro atoms. The molecule has 0 fully saturated rings. The molecule has 8 heteroatoms. The molecule has 1 aromatic rings. The molecule has 0 radical (unpaired) electrons. The van der Waals surface area contributed by atoms with Crippen molar-refractivity contribution in [3.05, 3.63) is 33.1 Å². The van der Waals surface area contributed by atoms with Gasteiger partial charge in [-0.05, 0) is 6.92 Å². The SMILES string of the molecule is CCn1ccc(=O)n(CC(C#N)C(F)(F)F)c1=O. The Morgan fingerprint density at radius 3 is 2.50 bits per heavy atom. The number of nitriles is 1. The molecule has 1 unspecified atom stereocenters. The summed E-state index contributed by atoms with van der Waals surface area (Å²) in [5, 5.41) is 8.44. The van der Waals surface area contributed by atoms with Crippen molar-refractivity contribution in [3.63, 3.8) is 0 Å². The Balaban J connectivity index is 3.24. The molecule has 1 heterocycles. The summed E-state index contributed by atoms with van der Waals surface area (Å²) in [7, 11) is 0. The highest BCUT2D eigenvalue weighted by molar-refractivity contribution is 4.92. The van der Waals surface area contributed by atoms with Crippen LogP contribution in [0.4, 0.5) is 13.2 Å². The van der Waals surface area contributed by atoms with Crippen LogP contribution in [0.15, 0.2) is 21.9 Å². The van der Waals surface area contributed by atoms with Gasteiger partial charge in [-0.15, -0.1) is 0 Å². The Morgan fingerprint density at radius 2 is 2.06 bits per heavy atom. The monoisotopic (exact) mass is 261 g/mol. The Hall–Kier alpha value is -2.04. The van der Waals surface area contributed by atoms with E-state index in [0.717, 1.165) is 16.7 Å². The van der Waals surface area contributed by atoms with Crippen LogP contribution in [0.5, 0.6) is 0 Å². The third-order valence-corrected chi connectivity index (χ3v) is 2.40. The van der Waals surface area contributed by atoms with Gasteiger partial charge in [-0.25, -0.2) is 4.79 Å². The van der Waals surface area contributed by atoms with Crippen LogP contribution in [-0.2, 0) is 13.1 Å². The van der Waals surface area contributed by atoms with E-state index < -0.39 is 29.9 Å². The predicted molar refractivity (Wildman–Crippen MR) is 55.8 cm³/mol. The lowest BCUT2D eigenvalue weighted by molar-refractivity contribution is -0.162. The predicted octanol–water partition coefficient (Wildman–Crippen LogP) is 0.732. The smallest absolute Gasteiger partial charge is 0.301 e. The maximum absolute atomic E-state index is 12.4. The van der Waals surface area contributed by atoms with E-state index >= 15 is 0 Å². The third-order valence-electron chi connectivity index (χ3n) is 2.40. The summed E-state index contributed by atoms with van der Waals surface area (Å²) < 4.78 is 38.7. The van der Waals surface area contributed by atoms with E-state index in [-0.39, 0.29) is 6.54 Å². The van der Waals surface area contributed by atoms with Gasteiger partial charge in [0.15, 0.2) is 5.92 Å². The molecule has 1 atom stereocenters. The van der Waals surface area contributed by atoms with Crippen molar-refractivity contribution >= 4 is 0 Å². The van der Waals surface area contributed by atoms with Crippen LogP contribution in [0, 0.1) is 17.2 Å².